The van der Waals surface area contributed by atoms with E-state index < -0.39 is 0 Å². The summed E-state index contributed by atoms with van der Waals surface area (Å²) in [6.45, 7) is 4.93. The summed E-state index contributed by atoms with van der Waals surface area (Å²) in [5.41, 5.74) is 5.93. The molecule has 0 aromatic carbocycles. The minimum Gasteiger partial charge on any atom is -0.396 e. The molecular weight excluding hydrogens is 200 g/mol. The zero-order valence-electron chi connectivity index (χ0n) is 10.7. The molecular formula is C13H28N2O. The van der Waals surface area contributed by atoms with Gasteiger partial charge in [-0.05, 0) is 58.0 Å². The van der Waals surface area contributed by atoms with Gasteiger partial charge in [-0.1, -0.05) is 6.92 Å². The lowest BCUT2D eigenvalue weighted by Gasteiger charge is -2.35. The van der Waals surface area contributed by atoms with Crippen LogP contribution in [0.2, 0.25) is 0 Å². The molecule has 96 valence electrons. The highest BCUT2D eigenvalue weighted by Gasteiger charge is 2.22. The van der Waals surface area contributed by atoms with Crippen LogP contribution in [0.1, 0.15) is 51.9 Å². The van der Waals surface area contributed by atoms with Crippen LogP contribution in [0.3, 0.4) is 0 Å². The van der Waals surface area contributed by atoms with E-state index in [9.17, 15) is 0 Å². The molecule has 1 aliphatic carbocycles. The minimum atomic E-state index is 0.338. The fraction of sp³-hybridized carbons (Fsp3) is 1.00. The van der Waals surface area contributed by atoms with Gasteiger partial charge in [-0.2, -0.15) is 0 Å². The predicted octanol–water partition coefficient (Wildman–Crippen LogP) is 1.74. The quantitative estimate of drug-likeness (QED) is 0.653. The largest absolute Gasteiger partial charge is 0.396 e. The second-order valence-corrected chi connectivity index (χ2v) is 4.98. The Labute approximate surface area is 100 Å². The average molecular weight is 228 g/mol. The Morgan fingerprint density at radius 2 is 1.81 bits per heavy atom. The van der Waals surface area contributed by atoms with Crippen molar-refractivity contribution in [1.29, 1.82) is 0 Å². The summed E-state index contributed by atoms with van der Waals surface area (Å²) in [6.07, 6.45) is 8.25. The Hall–Kier alpha value is -0.120. The van der Waals surface area contributed by atoms with Crippen molar-refractivity contribution in [3.05, 3.63) is 0 Å². The zero-order chi connectivity index (χ0) is 11.8. The van der Waals surface area contributed by atoms with Crippen molar-refractivity contribution in [2.75, 3.05) is 19.7 Å². The zero-order valence-corrected chi connectivity index (χ0v) is 10.7. The first kappa shape index (κ1) is 13.9. The molecule has 0 aromatic rings. The lowest BCUT2D eigenvalue weighted by Crippen LogP contribution is -2.41. The van der Waals surface area contributed by atoms with Crippen LogP contribution in [-0.2, 0) is 0 Å². The summed E-state index contributed by atoms with van der Waals surface area (Å²) in [4.78, 5) is 2.60. The molecule has 0 heterocycles. The fourth-order valence-corrected chi connectivity index (χ4v) is 2.67. The molecule has 0 unspecified atom stereocenters. The third-order valence-corrected chi connectivity index (χ3v) is 3.77. The molecule has 0 spiro atoms. The van der Waals surface area contributed by atoms with Crippen molar-refractivity contribution in [1.82, 2.24) is 4.90 Å². The van der Waals surface area contributed by atoms with Crippen molar-refractivity contribution >= 4 is 0 Å². The molecule has 1 saturated carbocycles. The average Bonchev–Trinajstić information content (AvgIpc) is 2.31. The van der Waals surface area contributed by atoms with Crippen molar-refractivity contribution in [3.8, 4) is 0 Å². The molecule has 16 heavy (non-hydrogen) atoms. The van der Waals surface area contributed by atoms with Crippen molar-refractivity contribution in [2.24, 2.45) is 5.73 Å². The van der Waals surface area contributed by atoms with Gasteiger partial charge < -0.3 is 15.7 Å². The molecule has 1 aliphatic rings. The van der Waals surface area contributed by atoms with Gasteiger partial charge in [0, 0.05) is 18.7 Å². The topological polar surface area (TPSA) is 49.5 Å². The van der Waals surface area contributed by atoms with E-state index in [1.54, 1.807) is 0 Å². The molecule has 3 heteroatoms. The molecule has 0 aromatic heterocycles. The third-order valence-electron chi connectivity index (χ3n) is 3.77. The van der Waals surface area contributed by atoms with E-state index in [0.717, 1.165) is 25.4 Å². The van der Waals surface area contributed by atoms with E-state index in [1.165, 1.54) is 38.6 Å². The Bertz CT molecular complexity index is 167. The van der Waals surface area contributed by atoms with Crippen molar-refractivity contribution < 1.29 is 5.11 Å². The summed E-state index contributed by atoms with van der Waals surface area (Å²) < 4.78 is 0. The summed E-state index contributed by atoms with van der Waals surface area (Å²) in [6, 6.07) is 1.21. The van der Waals surface area contributed by atoms with Gasteiger partial charge in [0.2, 0.25) is 0 Å². The maximum atomic E-state index is 8.74. The van der Waals surface area contributed by atoms with E-state index in [-0.39, 0.29) is 0 Å². The van der Waals surface area contributed by atoms with Crippen LogP contribution >= 0.6 is 0 Å². The smallest absolute Gasteiger partial charge is 0.0431 e. The highest BCUT2D eigenvalue weighted by molar-refractivity contribution is 4.80. The van der Waals surface area contributed by atoms with Crippen LogP contribution in [-0.4, -0.2) is 41.8 Å². The van der Waals surface area contributed by atoms with E-state index in [2.05, 4.69) is 11.8 Å². The summed E-state index contributed by atoms with van der Waals surface area (Å²) in [5, 5.41) is 8.74. The van der Waals surface area contributed by atoms with Gasteiger partial charge in [0.1, 0.15) is 0 Å². The number of rotatable bonds is 7. The van der Waals surface area contributed by atoms with Crippen LogP contribution in [0, 0.1) is 0 Å². The fourth-order valence-electron chi connectivity index (χ4n) is 2.67. The van der Waals surface area contributed by atoms with Crippen molar-refractivity contribution in [3.63, 3.8) is 0 Å². The number of nitrogens with zero attached hydrogens (tertiary/aromatic N) is 1. The summed E-state index contributed by atoms with van der Waals surface area (Å²) in [5.74, 6) is 0. The van der Waals surface area contributed by atoms with Crippen LogP contribution < -0.4 is 5.73 Å². The normalized spacial score (nSPS) is 26.2. The molecule has 1 rings (SSSR count). The Morgan fingerprint density at radius 3 is 2.38 bits per heavy atom. The second kappa shape index (κ2) is 8.04. The minimum absolute atomic E-state index is 0.338. The molecule has 0 saturated heterocycles. The molecule has 0 atom stereocenters. The number of hydrogen-bond donors (Lipinski definition) is 2. The molecule has 3 nitrogen and oxygen atoms in total. The van der Waals surface area contributed by atoms with Crippen LogP contribution in [0.4, 0.5) is 0 Å². The first-order valence-corrected chi connectivity index (χ1v) is 6.88. The first-order chi connectivity index (χ1) is 7.77. The van der Waals surface area contributed by atoms with Crippen LogP contribution in [0.15, 0.2) is 0 Å². The summed E-state index contributed by atoms with van der Waals surface area (Å²) >= 11 is 0. The number of aliphatic hydroxyl groups is 1. The first-order valence-electron chi connectivity index (χ1n) is 6.88. The van der Waals surface area contributed by atoms with E-state index >= 15 is 0 Å². The van der Waals surface area contributed by atoms with E-state index in [4.69, 9.17) is 10.8 Å². The predicted molar refractivity (Wildman–Crippen MR) is 68.4 cm³/mol. The molecule has 0 bridgehead atoms. The number of hydrogen-bond acceptors (Lipinski definition) is 3. The van der Waals surface area contributed by atoms with Crippen LogP contribution in [0.5, 0.6) is 0 Å². The number of aliphatic hydroxyl groups excluding tert-OH is 1. The van der Waals surface area contributed by atoms with Gasteiger partial charge in [-0.15, -0.1) is 0 Å². The maximum Gasteiger partial charge on any atom is 0.0431 e. The van der Waals surface area contributed by atoms with E-state index in [1.807, 2.05) is 0 Å². The van der Waals surface area contributed by atoms with Gasteiger partial charge in [-0.25, -0.2) is 0 Å². The molecule has 0 aliphatic heterocycles. The lowest BCUT2D eigenvalue weighted by molar-refractivity contribution is 0.152. The standard InChI is InChI=1S/C13H28N2O/c1-2-15(10-4-3-5-11-16)13-8-6-12(14)7-9-13/h12-13,16H,2-11,14H2,1H3. The maximum absolute atomic E-state index is 8.74. The molecule has 3 N–H and O–H groups in total. The van der Waals surface area contributed by atoms with Gasteiger partial charge in [-0.3, -0.25) is 0 Å². The van der Waals surface area contributed by atoms with Gasteiger partial charge in [0.15, 0.2) is 0 Å². The van der Waals surface area contributed by atoms with Crippen molar-refractivity contribution in [2.45, 2.75) is 64.0 Å². The molecule has 0 amide bonds. The molecule has 0 radical (unpaired) electrons. The number of nitrogens with two attached hydrogens (primary N) is 1. The molecule has 1 fully saturated rings. The highest BCUT2D eigenvalue weighted by Crippen LogP contribution is 2.22. The van der Waals surface area contributed by atoms with Crippen LogP contribution in [0.25, 0.3) is 0 Å². The third kappa shape index (κ3) is 4.81. The Kier molecular flexibility index (Phi) is 7.01. The second-order valence-electron chi connectivity index (χ2n) is 4.98. The Balaban J connectivity index is 2.19. The van der Waals surface area contributed by atoms with Gasteiger partial charge in [0.25, 0.3) is 0 Å². The monoisotopic (exact) mass is 228 g/mol. The van der Waals surface area contributed by atoms with E-state index in [0.29, 0.717) is 12.6 Å². The SMILES string of the molecule is CCN(CCCCCO)C1CCC(N)CC1. The summed E-state index contributed by atoms with van der Waals surface area (Å²) in [7, 11) is 0. The van der Waals surface area contributed by atoms with Gasteiger partial charge >= 0.3 is 0 Å². The highest BCUT2D eigenvalue weighted by atomic mass is 16.2. The number of unbranched alkanes of at least 4 members (excludes halogenated alkanes) is 2. The lowest BCUT2D eigenvalue weighted by atomic mass is 9.90. The van der Waals surface area contributed by atoms with Gasteiger partial charge in [0.05, 0.1) is 0 Å². The Morgan fingerprint density at radius 1 is 1.12 bits per heavy atom.